The largest absolute Gasteiger partial charge is 0.314 e. The molecule has 2 heteroatoms. The maximum Gasteiger partial charge on any atom is 0.00618 e. The molecule has 1 heterocycles. The van der Waals surface area contributed by atoms with Crippen LogP contribution < -0.4 is 5.32 Å². The standard InChI is InChI=1S/C13H28N2/c1-3-13(4-2)14-9-5-6-10-15-11-7-8-12-15/h13-14H,3-12H2,1-2H3. The zero-order chi connectivity index (χ0) is 10.9. The van der Waals surface area contributed by atoms with Crippen LogP contribution in [0.1, 0.15) is 52.4 Å². The highest BCUT2D eigenvalue weighted by Crippen LogP contribution is 2.08. The molecule has 1 rings (SSSR count). The first-order chi connectivity index (χ1) is 7.36. The summed E-state index contributed by atoms with van der Waals surface area (Å²) in [6.45, 7) is 9.77. The highest BCUT2D eigenvalue weighted by atomic mass is 15.1. The lowest BCUT2D eigenvalue weighted by Crippen LogP contribution is -2.29. The smallest absolute Gasteiger partial charge is 0.00618 e. The van der Waals surface area contributed by atoms with Crippen molar-refractivity contribution in [1.82, 2.24) is 10.2 Å². The van der Waals surface area contributed by atoms with Gasteiger partial charge in [0.25, 0.3) is 0 Å². The first-order valence-corrected chi connectivity index (χ1v) is 6.82. The number of unbranched alkanes of at least 4 members (excludes halogenated alkanes) is 1. The summed E-state index contributed by atoms with van der Waals surface area (Å²) in [6, 6.07) is 0.747. The quantitative estimate of drug-likeness (QED) is 0.622. The van der Waals surface area contributed by atoms with Gasteiger partial charge in [-0.15, -0.1) is 0 Å². The molecular formula is C13H28N2. The molecule has 0 aliphatic carbocycles. The molecule has 1 aliphatic heterocycles. The van der Waals surface area contributed by atoms with Crippen molar-refractivity contribution < 1.29 is 0 Å². The Hall–Kier alpha value is -0.0800. The minimum atomic E-state index is 0.747. The molecule has 1 fully saturated rings. The van der Waals surface area contributed by atoms with Gasteiger partial charge in [-0.3, -0.25) is 0 Å². The average molecular weight is 212 g/mol. The Morgan fingerprint density at radius 1 is 1.07 bits per heavy atom. The van der Waals surface area contributed by atoms with Crippen LogP contribution >= 0.6 is 0 Å². The normalized spacial score (nSPS) is 17.8. The molecule has 0 atom stereocenters. The lowest BCUT2D eigenvalue weighted by Gasteiger charge is -2.16. The molecule has 0 saturated carbocycles. The van der Waals surface area contributed by atoms with Crippen LogP contribution in [-0.4, -0.2) is 37.1 Å². The van der Waals surface area contributed by atoms with Gasteiger partial charge >= 0.3 is 0 Å². The number of rotatable bonds is 8. The van der Waals surface area contributed by atoms with Crippen molar-refractivity contribution in [3.63, 3.8) is 0 Å². The molecule has 90 valence electrons. The highest BCUT2D eigenvalue weighted by molar-refractivity contribution is 4.67. The molecule has 0 aromatic heterocycles. The Labute approximate surface area is 95.4 Å². The lowest BCUT2D eigenvalue weighted by atomic mass is 10.1. The van der Waals surface area contributed by atoms with Gasteiger partial charge in [-0.2, -0.15) is 0 Å². The third kappa shape index (κ3) is 5.53. The predicted octanol–water partition coefficient (Wildman–Crippen LogP) is 2.64. The van der Waals surface area contributed by atoms with Crippen molar-refractivity contribution in [1.29, 1.82) is 0 Å². The van der Waals surface area contributed by atoms with Crippen molar-refractivity contribution in [2.45, 2.75) is 58.4 Å². The molecule has 0 aromatic carbocycles. The SMILES string of the molecule is CCC(CC)NCCCCN1CCCC1. The first-order valence-electron chi connectivity index (χ1n) is 6.82. The van der Waals surface area contributed by atoms with Crippen LogP contribution in [0.2, 0.25) is 0 Å². The number of nitrogens with one attached hydrogen (secondary N) is 1. The third-order valence-electron chi connectivity index (χ3n) is 3.52. The zero-order valence-electron chi connectivity index (χ0n) is 10.6. The molecule has 2 nitrogen and oxygen atoms in total. The molecule has 1 saturated heterocycles. The van der Waals surface area contributed by atoms with Gasteiger partial charge in [0.1, 0.15) is 0 Å². The van der Waals surface area contributed by atoms with Crippen LogP contribution in [0.3, 0.4) is 0 Å². The van der Waals surface area contributed by atoms with E-state index < -0.39 is 0 Å². The minimum Gasteiger partial charge on any atom is -0.314 e. The summed E-state index contributed by atoms with van der Waals surface area (Å²) >= 11 is 0. The second-order valence-corrected chi connectivity index (χ2v) is 4.72. The summed E-state index contributed by atoms with van der Waals surface area (Å²) in [5, 5.41) is 3.63. The Kier molecular flexibility index (Phi) is 7.03. The van der Waals surface area contributed by atoms with Gasteiger partial charge in [0.15, 0.2) is 0 Å². The third-order valence-corrected chi connectivity index (χ3v) is 3.52. The Morgan fingerprint density at radius 2 is 1.73 bits per heavy atom. The number of hydrogen-bond acceptors (Lipinski definition) is 2. The van der Waals surface area contributed by atoms with Crippen LogP contribution in [-0.2, 0) is 0 Å². The Bertz CT molecular complexity index is 133. The van der Waals surface area contributed by atoms with Gasteiger partial charge in [-0.05, 0) is 64.7 Å². The van der Waals surface area contributed by atoms with Crippen molar-refractivity contribution in [3.05, 3.63) is 0 Å². The van der Waals surface area contributed by atoms with Gasteiger partial charge < -0.3 is 10.2 Å². The second kappa shape index (κ2) is 8.12. The lowest BCUT2D eigenvalue weighted by molar-refractivity contribution is 0.327. The van der Waals surface area contributed by atoms with Crippen LogP contribution in [0.4, 0.5) is 0 Å². The molecule has 15 heavy (non-hydrogen) atoms. The number of hydrogen-bond donors (Lipinski definition) is 1. The van der Waals surface area contributed by atoms with E-state index >= 15 is 0 Å². The molecule has 0 aromatic rings. The van der Waals surface area contributed by atoms with Gasteiger partial charge in [0.2, 0.25) is 0 Å². The Balaban J connectivity index is 1.87. The molecule has 1 N–H and O–H groups in total. The Morgan fingerprint density at radius 3 is 2.33 bits per heavy atom. The summed E-state index contributed by atoms with van der Waals surface area (Å²) in [4.78, 5) is 2.61. The van der Waals surface area contributed by atoms with Gasteiger partial charge in [-0.1, -0.05) is 13.8 Å². The molecule has 0 bridgehead atoms. The van der Waals surface area contributed by atoms with E-state index in [-0.39, 0.29) is 0 Å². The summed E-state index contributed by atoms with van der Waals surface area (Å²) < 4.78 is 0. The fourth-order valence-corrected chi connectivity index (χ4v) is 2.35. The average Bonchev–Trinajstić information content (AvgIpc) is 2.76. The molecular weight excluding hydrogens is 184 g/mol. The fourth-order valence-electron chi connectivity index (χ4n) is 2.35. The molecule has 0 spiro atoms. The monoisotopic (exact) mass is 212 g/mol. The molecule has 0 unspecified atom stereocenters. The summed E-state index contributed by atoms with van der Waals surface area (Å²) in [6.07, 6.45) is 8.09. The first kappa shape index (κ1) is 13.0. The van der Waals surface area contributed by atoms with Crippen LogP contribution in [0.5, 0.6) is 0 Å². The molecule has 0 radical (unpaired) electrons. The minimum absolute atomic E-state index is 0.747. The van der Waals surface area contributed by atoms with Crippen molar-refractivity contribution in [2.24, 2.45) is 0 Å². The van der Waals surface area contributed by atoms with Crippen LogP contribution in [0.15, 0.2) is 0 Å². The maximum atomic E-state index is 3.63. The van der Waals surface area contributed by atoms with Crippen molar-refractivity contribution in [2.75, 3.05) is 26.2 Å². The topological polar surface area (TPSA) is 15.3 Å². The summed E-state index contributed by atoms with van der Waals surface area (Å²) in [7, 11) is 0. The van der Waals surface area contributed by atoms with E-state index in [0.717, 1.165) is 6.04 Å². The van der Waals surface area contributed by atoms with Crippen LogP contribution in [0, 0.1) is 0 Å². The van der Waals surface area contributed by atoms with E-state index in [0.29, 0.717) is 0 Å². The van der Waals surface area contributed by atoms with Crippen molar-refractivity contribution >= 4 is 0 Å². The van der Waals surface area contributed by atoms with E-state index in [1.165, 1.54) is 64.7 Å². The summed E-state index contributed by atoms with van der Waals surface area (Å²) in [5.74, 6) is 0. The van der Waals surface area contributed by atoms with E-state index in [1.54, 1.807) is 0 Å². The second-order valence-electron chi connectivity index (χ2n) is 4.72. The van der Waals surface area contributed by atoms with Crippen LogP contribution in [0.25, 0.3) is 0 Å². The predicted molar refractivity (Wildman–Crippen MR) is 67.3 cm³/mol. The van der Waals surface area contributed by atoms with E-state index in [1.807, 2.05) is 0 Å². The van der Waals surface area contributed by atoms with Gasteiger partial charge in [0, 0.05) is 6.04 Å². The highest BCUT2D eigenvalue weighted by Gasteiger charge is 2.10. The number of likely N-dealkylation sites (tertiary alicyclic amines) is 1. The van der Waals surface area contributed by atoms with E-state index in [2.05, 4.69) is 24.1 Å². The maximum absolute atomic E-state index is 3.63. The fraction of sp³-hybridized carbons (Fsp3) is 1.00. The van der Waals surface area contributed by atoms with Gasteiger partial charge in [0.05, 0.1) is 0 Å². The zero-order valence-corrected chi connectivity index (χ0v) is 10.6. The van der Waals surface area contributed by atoms with Crippen molar-refractivity contribution in [3.8, 4) is 0 Å². The van der Waals surface area contributed by atoms with E-state index in [4.69, 9.17) is 0 Å². The molecule has 0 amide bonds. The molecule has 1 aliphatic rings. The number of nitrogens with zero attached hydrogens (tertiary/aromatic N) is 1. The summed E-state index contributed by atoms with van der Waals surface area (Å²) in [5.41, 5.74) is 0. The van der Waals surface area contributed by atoms with Gasteiger partial charge in [-0.25, -0.2) is 0 Å². The van der Waals surface area contributed by atoms with E-state index in [9.17, 15) is 0 Å².